The number of carbonyl (C=O) groups excluding carboxylic acids is 1. The van der Waals surface area contributed by atoms with Crippen LogP contribution in [0.3, 0.4) is 0 Å². The minimum Gasteiger partial charge on any atom is -0.493 e. The lowest BCUT2D eigenvalue weighted by atomic mass is 10.1. The lowest BCUT2D eigenvalue weighted by molar-refractivity contribution is 0.0940. The van der Waals surface area contributed by atoms with Gasteiger partial charge in [-0.25, -0.2) is 13.1 Å². The molecule has 8 heteroatoms. The predicted octanol–water partition coefficient (Wildman–Crippen LogP) is 1.05. The monoisotopic (exact) mass is 349 g/mol. The number of sulfone groups is 1. The Kier molecular flexibility index (Phi) is 4.57. The Morgan fingerprint density at radius 3 is 2.75 bits per heavy atom. The van der Waals surface area contributed by atoms with Gasteiger partial charge in [0.05, 0.1) is 30.5 Å². The molecule has 0 aliphatic carbocycles. The molecule has 7 nitrogen and oxygen atoms in total. The Morgan fingerprint density at radius 2 is 2.12 bits per heavy atom. The van der Waals surface area contributed by atoms with Crippen molar-refractivity contribution in [2.75, 3.05) is 25.2 Å². The van der Waals surface area contributed by atoms with Crippen LogP contribution in [0.15, 0.2) is 36.5 Å². The molecule has 2 heterocycles. The van der Waals surface area contributed by atoms with Crippen LogP contribution >= 0.6 is 0 Å². The van der Waals surface area contributed by atoms with Crippen LogP contribution in [0.5, 0.6) is 5.75 Å². The molecule has 1 fully saturated rings. The van der Waals surface area contributed by atoms with Crippen molar-refractivity contribution in [1.82, 2.24) is 15.1 Å². The molecule has 0 radical (unpaired) electrons. The van der Waals surface area contributed by atoms with Crippen LogP contribution < -0.4 is 10.1 Å². The molecule has 3 rings (SSSR count). The molecule has 1 aromatic carbocycles. The molecule has 0 saturated carbocycles. The highest BCUT2D eigenvalue weighted by molar-refractivity contribution is 7.91. The second-order valence-corrected chi connectivity index (χ2v) is 8.03. The highest BCUT2D eigenvalue weighted by Gasteiger charge is 2.28. The second-order valence-electron chi connectivity index (χ2n) is 5.81. The van der Waals surface area contributed by atoms with Crippen molar-refractivity contribution in [2.24, 2.45) is 5.92 Å². The van der Waals surface area contributed by atoms with E-state index in [1.165, 1.54) is 7.11 Å². The maximum Gasteiger partial charge on any atom is 0.275 e. The molecule has 1 aromatic heterocycles. The van der Waals surface area contributed by atoms with Crippen molar-refractivity contribution >= 4 is 15.7 Å². The minimum atomic E-state index is -2.95. The molecule has 0 bridgehead atoms. The zero-order valence-corrected chi connectivity index (χ0v) is 14.1. The average molecular weight is 349 g/mol. The van der Waals surface area contributed by atoms with E-state index in [1.807, 2.05) is 30.3 Å². The van der Waals surface area contributed by atoms with E-state index < -0.39 is 9.84 Å². The third-order valence-electron chi connectivity index (χ3n) is 4.01. The van der Waals surface area contributed by atoms with Crippen LogP contribution in [0, 0.1) is 5.92 Å². The molecule has 1 aliphatic heterocycles. The number of nitrogens with one attached hydrogen (secondary N) is 1. The Labute approximate surface area is 140 Å². The van der Waals surface area contributed by atoms with Gasteiger partial charge in [-0.3, -0.25) is 4.79 Å². The molecular formula is C16H19N3O4S. The quantitative estimate of drug-likeness (QED) is 0.871. The summed E-state index contributed by atoms with van der Waals surface area (Å²) in [6.45, 7) is 0.319. The minimum absolute atomic E-state index is 0.0406. The normalized spacial score (nSPS) is 19.1. The van der Waals surface area contributed by atoms with Gasteiger partial charge in [-0.15, -0.1) is 0 Å². The average Bonchev–Trinajstić information content (AvgIpc) is 3.16. The molecule has 2 aromatic rings. The van der Waals surface area contributed by atoms with Gasteiger partial charge in [0.1, 0.15) is 0 Å². The third-order valence-corrected chi connectivity index (χ3v) is 5.85. The van der Waals surface area contributed by atoms with Crippen LogP contribution in [0.2, 0.25) is 0 Å². The lowest BCUT2D eigenvalue weighted by Gasteiger charge is -2.09. The zero-order chi connectivity index (χ0) is 17.2. The lowest BCUT2D eigenvalue weighted by Crippen LogP contribution is -2.30. The molecule has 0 unspecified atom stereocenters. The highest BCUT2D eigenvalue weighted by atomic mass is 32.2. The molecule has 1 atom stereocenters. The van der Waals surface area contributed by atoms with Gasteiger partial charge in [0.2, 0.25) is 0 Å². The van der Waals surface area contributed by atoms with E-state index in [1.54, 1.807) is 10.9 Å². The summed E-state index contributed by atoms with van der Waals surface area (Å²) in [6.07, 6.45) is 2.22. The number of benzene rings is 1. The number of amides is 1. The number of para-hydroxylation sites is 1. The third kappa shape index (κ3) is 3.59. The summed E-state index contributed by atoms with van der Waals surface area (Å²) in [5.41, 5.74) is 0.999. The first-order chi connectivity index (χ1) is 11.5. The summed E-state index contributed by atoms with van der Waals surface area (Å²) in [6, 6.07) is 9.40. The van der Waals surface area contributed by atoms with Crippen LogP contribution in [0.1, 0.15) is 16.9 Å². The number of hydrogen-bond acceptors (Lipinski definition) is 5. The fraction of sp³-hybridized carbons (Fsp3) is 0.375. The highest BCUT2D eigenvalue weighted by Crippen LogP contribution is 2.20. The van der Waals surface area contributed by atoms with Gasteiger partial charge in [-0.2, -0.15) is 5.10 Å². The topological polar surface area (TPSA) is 90.3 Å². The van der Waals surface area contributed by atoms with E-state index in [0.29, 0.717) is 18.7 Å². The van der Waals surface area contributed by atoms with Crippen molar-refractivity contribution in [1.29, 1.82) is 0 Å². The Bertz CT molecular complexity index is 830. The molecule has 1 saturated heterocycles. The summed E-state index contributed by atoms with van der Waals surface area (Å²) in [5, 5.41) is 7.05. The van der Waals surface area contributed by atoms with E-state index in [2.05, 4.69) is 10.4 Å². The number of hydrogen-bond donors (Lipinski definition) is 1. The van der Waals surface area contributed by atoms with Crippen molar-refractivity contribution < 1.29 is 17.9 Å². The standard InChI is InChI=1S/C16H19N3O4S/c1-23-14-10-19(13-5-3-2-4-6-13)18-15(14)16(20)17-9-12-7-8-24(21,22)11-12/h2-6,10,12H,7-9,11H2,1H3,(H,17,20)/t12-/m1/s1. The number of ether oxygens (including phenoxy) is 1. The molecular weight excluding hydrogens is 330 g/mol. The van der Waals surface area contributed by atoms with Crippen LogP contribution in [-0.2, 0) is 9.84 Å². The summed E-state index contributed by atoms with van der Waals surface area (Å²) < 4.78 is 29.7. The SMILES string of the molecule is COc1cn(-c2ccccc2)nc1C(=O)NC[C@H]1CCS(=O)(=O)C1. The maximum atomic E-state index is 12.4. The van der Waals surface area contributed by atoms with E-state index >= 15 is 0 Å². The first-order valence-corrected chi connectivity index (χ1v) is 9.48. The van der Waals surface area contributed by atoms with E-state index in [4.69, 9.17) is 4.74 Å². The number of aromatic nitrogens is 2. The van der Waals surface area contributed by atoms with E-state index in [-0.39, 0.29) is 29.0 Å². The molecule has 24 heavy (non-hydrogen) atoms. The molecule has 128 valence electrons. The second kappa shape index (κ2) is 6.64. The Hall–Kier alpha value is -2.35. The van der Waals surface area contributed by atoms with Gasteiger partial charge in [-0.05, 0) is 24.5 Å². The Balaban J connectivity index is 1.71. The van der Waals surface area contributed by atoms with Crippen LogP contribution in [0.25, 0.3) is 5.69 Å². The number of rotatable bonds is 5. The maximum absolute atomic E-state index is 12.4. The molecule has 0 spiro atoms. The van der Waals surface area contributed by atoms with Gasteiger partial charge in [0.25, 0.3) is 5.91 Å². The predicted molar refractivity (Wildman–Crippen MR) is 89.2 cm³/mol. The van der Waals surface area contributed by atoms with Gasteiger partial charge in [-0.1, -0.05) is 18.2 Å². The zero-order valence-electron chi connectivity index (χ0n) is 13.3. The fourth-order valence-corrected chi connectivity index (χ4v) is 4.59. The van der Waals surface area contributed by atoms with Gasteiger partial charge < -0.3 is 10.1 Å². The number of nitrogens with zero attached hydrogens (tertiary/aromatic N) is 2. The fourth-order valence-electron chi connectivity index (χ4n) is 2.73. The number of methoxy groups -OCH3 is 1. The Morgan fingerprint density at radius 1 is 1.38 bits per heavy atom. The molecule has 1 amide bonds. The number of carbonyl (C=O) groups is 1. The summed E-state index contributed by atoms with van der Waals surface area (Å²) in [5.74, 6) is 0.282. The largest absolute Gasteiger partial charge is 0.493 e. The summed E-state index contributed by atoms with van der Waals surface area (Å²) in [4.78, 5) is 12.4. The first kappa shape index (κ1) is 16.5. The summed E-state index contributed by atoms with van der Waals surface area (Å²) >= 11 is 0. The van der Waals surface area contributed by atoms with Gasteiger partial charge in [0, 0.05) is 6.54 Å². The van der Waals surface area contributed by atoms with Crippen molar-refractivity contribution in [3.05, 3.63) is 42.2 Å². The first-order valence-electron chi connectivity index (χ1n) is 7.66. The van der Waals surface area contributed by atoms with E-state index in [9.17, 15) is 13.2 Å². The van der Waals surface area contributed by atoms with Crippen LogP contribution in [0.4, 0.5) is 0 Å². The molecule has 1 N–H and O–H groups in total. The van der Waals surface area contributed by atoms with Gasteiger partial charge >= 0.3 is 0 Å². The summed E-state index contributed by atoms with van der Waals surface area (Å²) in [7, 11) is -1.47. The van der Waals surface area contributed by atoms with Crippen molar-refractivity contribution in [2.45, 2.75) is 6.42 Å². The van der Waals surface area contributed by atoms with Crippen molar-refractivity contribution in [3.8, 4) is 11.4 Å². The van der Waals surface area contributed by atoms with E-state index in [0.717, 1.165) is 5.69 Å². The van der Waals surface area contributed by atoms with Crippen molar-refractivity contribution in [3.63, 3.8) is 0 Å². The molecule has 1 aliphatic rings. The van der Waals surface area contributed by atoms with Gasteiger partial charge in [0.15, 0.2) is 21.3 Å². The van der Waals surface area contributed by atoms with Crippen LogP contribution in [-0.4, -0.2) is 49.3 Å². The smallest absolute Gasteiger partial charge is 0.275 e.